The van der Waals surface area contributed by atoms with Crippen molar-refractivity contribution >= 4 is 17.9 Å². The van der Waals surface area contributed by atoms with E-state index in [2.05, 4.69) is 154 Å². The number of hydrogen-bond donors (Lipinski definition) is 0. The molecule has 78 heavy (non-hydrogen) atoms. The van der Waals surface area contributed by atoms with Crippen molar-refractivity contribution < 1.29 is 28.6 Å². The normalized spacial score (nSPS) is 13.0. The zero-order valence-electron chi connectivity index (χ0n) is 50.6. The van der Waals surface area contributed by atoms with E-state index in [1.54, 1.807) is 0 Å². The third kappa shape index (κ3) is 62.4. The molecule has 0 spiro atoms. The summed E-state index contributed by atoms with van der Waals surface area (Å²) in [5, 5.41) is 0. The lowest BCUT2D eigenvalue weighted by atomic mass is 10.1. The zero-order valence-corrected chi connectivity index (χ0v) is 50.6. The highest BCUT2D eigenvalue weighted by atomic mass is 16.6. The molecule has 1 atom stereocenters. The Morgan fingerprint density at radius 2 is 0.526 bits per heavy atom. The molecule has 0 saturated heterocycles. The molecule has 0 heterocycles. The first-order valence-electron chi connectivity index (χ1n) is 32.2. The molecule has 0 aromatic rings. The number of rotatable bonds is 57. The van der Waals surface area contributed by atoms with Gasteiger partial charge in [-0.05, 0) is 135 Å². The van der Waals surface area contributed by atoms with E-state index in [1.807, 2.05) is 0 Å². The molecule has 0 aromatic carbocycles. The third-order valence-corrected chi connectivity index (χ3v) is 13.3. The molecule has 0 aliphatic carbocycles. The first-order chi connectivity index (χ1) is 38.5. The highest BCUT2D eigenvalue weighted by Gasteiger charge is 2.19. The molecule has 0 radical (unpaired) electrons. The largest absolute Gasteiger partial charge is 0.462 e. The van der Waals surface area contributed by atoms with Gasteiger partial charge in [0.1, 0.15) is 13.2 Å². The van der Waals surface area contributed by atoms with Crippen molar-refractivity contribution in [2.45, 2.75) is 290 Å². The second-order valence-electron chi connectivity index (χ2n) is 20.9. The van der Waals surface area contributed by atoms with Crippen LogP contribution in [0.5, 0.6) is 0 Å². The molecule has 0 saturated carbocycles. The van der Waals surface area contributed by atoms with Crippen molar-refractivity contribution in [3.8, 4) is 0 Å². The van der Waals surface area contributed by atoms with E-state index in [0.717, 1.165) is 167 Å². The quantitative estimate of drug-likeness (QED) is 0.0261. The van der Waals surface area contributed by atoms with E-state index < -0.39 is 6.10 Å². The van der Waals surface area contributed by atoms with E-state index in [0.29, 0.717) is 19.3 Å². The maximum atomic E-state index is 12.9. The van der Waals surface area contributed by atoms with Crippen LogP contribution in [0.2, 0.25) is 0 Å². The van der Waals surface area contributed by atoms with E-state index in [1.165, 1.54) is 77.0 Å². The Balaban J connectivity index is 4.34. The minimum absolute atomic E-state index is 0.0960. The van der Waals surface area contributed by atoms with Crippen molar-refractivity contribution in [1.29, 1.82) is 0 Å². The van der Waals surface area contributed by atoms with Crippen molar-refractivity contribution in [2.75, 3.05) is 13.2 Å². The number of carbonyl (C=O) groups excluding carboxylic acids is 3. The molecular weight excluding hydrogens is 961 g/mol. The zero-order chi connectivity index (χ0) is 56.4. The molecule has 0 aliphatic rings. The van der Waals surface area contributed by atoms with E-state index in [9.17, 15) is 14.4 Å². The number of carbonyl (C=O) groups is 3. The summed E-state index contributed by atoms with van der Waals surface area (Å²) in [7, 11) is 0. The summed E-state index contributed by atoms with van der Waals surface area (Å²) < 4.78 is 16.9. The van der Waals surface area contributed by atoms with Crippen molar-refractivity contribution in [2.24, 2.45) is 0 Å². The Kier molecular flexibility index (Phi) is 61.4. The van der Waals surface area contributed by atoms with Gasteiger partial charge in [0.15, 0.2) is 6.10 Å². The lowest BCUT2D eigenvalue weighted by Crippen LogP contribution is -2.30. The van der Waals surface area contributed by atoms with Crippen LogP contribution in [0.3, 0.4) is 0 Å². The van der Waals surface area contributed by atoms with Gasteiger partial charge in [0.2, 0.25) is 0 Å². The molecule has 0 rings (SSSR count). The Morgan fingerprint density at radius 3 is 0.846 bits per heavy atom. The van der Waals surface area contributed by atoms with Gasteiger partial charge in [-0.2, -0.15) is 0 Å². The van der Waals surface area contributed by atoms with Crippen LogP contribution in [-0.4, -0.2) is 37.2 Å². The van der Waals surface area contributed by atoms with Crippen molar-refractivity contribution in [1.82, 2.24) is 0 Å². The maximum Gasteiger partial charge on any atom is 0.306 e. The number of unbranched alkanes of at least 4 members (excludes halogenated alkanes) is 24. The van der Waals surface area contributed by atoms with Crippen LogP contribution in [0.1, 0.15) is 284 Å². The molecule has 6 heteroatoms. The van der Waals surface area contributed by atoms with Crippen LogP contribution >= 0.6 is 0 Å². The van der Waals surface area contributed by atoms with Gasteiger partial charge < -0.3 is 14.2 Å². The monoisotopic (exact) mass is 1080 g/mol. The molecule has 0 aliphatic heterocycles. The van der Waals surface area contributed by atoms with E-state index in [4.69, 9.17) is 14.2 Å². The molecular formula is C72H118O6. The average Bonchev–Trinajstić information content (AvgIpc) is 3.44. The van der Waals surface area contributed by atoms with Crippen LogP contribution < -0.4 is 0 Å². The minimum atomic E-state index is -0.799. The van der Waals surface area contributed by atoms with Gasteiger partial charge in [-0.3, -0.25) is 14.4 Å². The summed E-state index contributed by atoms with van der Waals surface area (Å²) in [6.07, 6.45) is 91.7. The van der Waals surface area contributed by atoms with Crippen LogP contribution in [0.4, 0.5) is 0 Å². The maximum absolute atomic E-state index is 12.9. The predicted octanol–water partition coefficient (Wildman–Crippen LogP) is 22.2. The third-order valence-electron chi connectivity index (χ3n) is 13.3. The molecule has 442 valence electrons. The van der Waals surface area contributed by atoms with Crippen LogP contribution in [0, 0.1) is 0 Å². The fraction of sp³-hybridized carbons (Fsp3) is 0.653. The number of esters is 3. The van der Waals surface area contributed by atoms with Gasteiger partial charge in [0.25, 0.3) is 0 Å². The lowest BCUT2D eigenvalue weighted by Gasteiger charge is -2.18. The standard InChI is InChI=1S/C72H118O6/c1-4-7-10-13-16-19-22-25-27-29-30-31-32-33-34-35-36-37-38-39-40-41-42-43-45-47-50-53-56-59-62-65-71(74)77-68-69(67-76-70(73)64-61-58-55-52-49-46-24-21-18-15-12-9-6-3)78-72(75)66-63-60-57-54-51-48-44-28-26-23-20-17-14-11-8-5-2/h7,10,12,15-16,19,21,24-25,27-28,30-31,33-34,36-37,39-40,42-44,69H,4-6,8-9,11,13-14,17-18,20,22-23,26,29,32,35,38,41,45-68H2,1-3H3/b10-7-,15-12-,19-16-,24-21-,27-25-,31-30-,34-33-,37-36-,40-39-,43-42-,44-28-. The van der Waals surface area contributed by atoms with Crippen molar-refractivity contribution in [3.63, 3.8) is 0 Å². The summed E-state index contributed by atoms with van der Waals surface area (Å²) in [6, 6.07) is 0. The summed E-state index contributed by atoms with van der Waals surface area (Å²) in [5.41, 5.74) is 0. The van der Waals surface area contributed by atoms with Crippen LogP contribution in [0.15, 0.2) is 134 Å². The second kappa shape index (κ2) is 65.1. The molecule has 0 amide bonds. The molecule has 0 fully saturated rings. The summed E-state index contributed by atoms with van der Waals surface area (Å²) in [6.45, 7) is 6.43. The topological polar surface area (TPSA) is 78.9 Å². The number of hydrogen-bond acceptors (Lipinski definition) is 6. The van der Waals surface area contributed by atoms with Crippen LogP contribution in [-0.2, 0) is 28.6 Å². The first kappa shape index (κ1) is 73.5. The first-order valence-corrected chi connectivity index (χ1v) is 32.2. The van der Waals surface area contributed by atoms with Gasteiger partial charge in [-0.15, -0.1) is 0 Å². The lowest BCUT2D eigenvalue weighted by molar-refractivity contribution is -0.167. The smallest absolute Gasteiger partial charge is 0.306 e. The molecule has 0 N–H and O–H groups in total. The van der Waals surface area contributed by atoms with E-state index >= 15 is 0 Å². The van der Waals surface area contributed by atoms with Gasteiger partial charge in [0.05, 0.1) is 0 Å². The minimum Gasteiger partial charge on any atom is -0.462 e. The average molecular weight is 1080 g/mol. The Labute approximate surface area is 481 Å². The van der Waals surface area contributed by atoms with Crippen molar-refractivity contribution in [3.05, 3.63) is 134 Å². The molecule has 6 nitrogen and oxygen atoms in total. The Bertz CT molecular complexity index is 1670. The SMILES string of the molecule is CC/C=C\C/C=C\C/C=C\C/C=C\C/C=C\C/C=C\C/C=C\C/C=C\CCCCCCCCC(=O)OCC(COC(=O)CCCCCCC/C=C\C/C=C\CCC)OC(=O)CCCCCCC/C=C\CCCCCCCCC. The number of ether oxygens (including phenoxy) is 3. The van der Waals surface area contributed by atoms with Gasteiger partial charge in [-0.25, -0.2) is 0 Å². The Hall–Kier alpha value is -4.45. The fourth-order valence-corrected chi connectivity index (χ4v) is 8.55. The second-order valence-corrected chi connectivity index (χ2v) is 20.9. The summed E-state index contributed by atoms with van der Waals surface area (Å²) in [4.78, 5) is 38.3. The highest BCUT2D eigenvalue weighted by Crippen LogP contribution is 2.14. The highest BCUT2D eigenvalue weighted by molar-refractivity contribution is 5.71. The number of allylic oxidation sites excluding steroid dienone is 22. The van der Waals surface area contributed by atoms with E-state index in [-0.39, 0.29) is 31.1 Å². The molecule has 0 aromatic heterocycles. The Morgan fingerprint density at radius 1 is 0.269 bits per heavy atom. The summed E-state index contributed by atoms with van der Waals surface area (Å²) in [5.74, 6) is -0.931. The predicted molar refractivity (Wildman–Crippen MR) is 339 cm³/mol. The fourth-order valence-electron chi connectivity index (χ4n) is 8.55. The van der Waals surface area contributed by atoms with Gasteiger partial charge in [0, 0.05) is 19.3 Å². The van der Waals surface area contributed by atoms with Gasteiger partial charge >= 0.3 is 17.9 Å². The molecule has 1 unspecified atom stereocenters. The van der Waals surface area contributed by atoms with Gasteiger partial charge in [-0.1, -0.05) is 264 Å². The molecule has 0 bridgehead atoms. The summed E-state index contributed by atoms with van der Waals surface area (Å²) >= 11 is 0. The van der Waals surface area contributed by atoms with Crippen LogP contribution in [0.25, 0.3) is 0 Å².